The summed E-state index contributed by atoms with van der Waals surface area (Å²) in [5.74, 6) is 0.225. The number of halogens is 2. The van der Waals surface area contributed by atoms with Gasteiger partial charge in [-0.25, -0.2) is 17.5 Å². The predicted octanol–water partition coefficient (Wildman–Crippen LogP) is 3.65. The van der Waals surface area contributed by atoms with Crippen molar-refractivity contribution in [3.05, 3.63) is 58.9 Å². The van der Waals surface area contributed by atoms with E-state index in [1.54, 1.807) is 6.07 Å². The maximum absolute atomic E-state index is 13.6. The van der Waals surface area contributed by atoms with Crippen molar-refractivity contribution in [2.24, 2.45) is 0 Å². The van der Waals surface area contributed by atoms with Crippen LogP contribution in [0.3, 0.4) is 0 Å². The Bertz CT molecular complexity index is 854. The van der Waals surface area contributed by atoms with E-state index in [1.807, 2.05) is 0 Å². The Labute approximate surface area is 161 Å². The molecule has 1 amide bonds. The largest absolute Gasteiger partial charge is 0.326 e. The van der Waals surface area contributed by atoms with Gasteiger partial charge in [0, 0.05) is 41.2 Å². The second-order valence-electron chi connectivity index (χ2n) is 5.36. The smallest absolute Gasteiger partial charge is 0.240 e. The summed E-state index contributed by atoms with van der Waals surface area (Å²) in [7, 11) is -3.64. The highest BCUT2D eigenvalue weighted by Gasteiger charge is 2.13. The van der Waals surface area contributed by atoms with E-state index < -0.39 is 10.0 Å². The second-order valence-corrected chi connectivity index (χ2v) is 8.64. The van der Waals surface area contributed by atoms with Crippen molar-refractivity contribution < 1.29 is 17.6 Å². The Balaban J connectivity index is 1.83. The number of thioether (sulfide) groups is 1. The normalized spacial score (nSPS) is 11.3. The van der Waals surface area contributed by atoms with Crippen LogP contribution >= 0.6 is 23.4 Å². The van der Waals surface area contributed by atoms with E-state index >= 15 is 0 Å². The summed E-state index contributed by atoms with van der Waals surface area (Å²) in [5, 5.41) is 2.93. The maximum atomic E-state index is 13.6. The van der Waals surface area contributed by atoms with E-state index in [0.29, 0.717) is 27.8 Å². The monoisotopic (exact) mass is 416 g/mol. The molecule has 2 N–H and O–H groups in total. The predicted molar refractivity (Wildman–Crippen MR) is 104 cm³/mol. The summed E-state index contributed by atoms with van der Waals surface area (Å²) in [6, 6.07) is 10.4. The lowest BCUT2D eigenvalue weighted by molar-refractivity contribution is -0.114. The van der Waals surface area contributed by atoms with Crippen LogP contribution < -0.4 is 10.0 Å². The zero-order chi connectivity index (χ0) is 19.2. The van der Waals surface area contributed by atoms with Gasteiger partial charge >= 0.3 is 0 Å². The molecule has 0 aliphatic rings. The van der Waals surface area contributed by atoms with Gasteiger partial charge in [0.1, 0.15) is 5.82 Å². The summed E-state index contributed by atoms with van der Waals surface area (Å²) in [5.41, 5.74) is 0.935. The number of carbonyl (C=O) groups is 1. The van der Waals surface area contributed by atoms with Crippen molar-refractivity contribution in [2.45, 2.75) is 17.6 Å². The molecule has 0 fully saturated rings. The van der Waals surface area contributed by atoms with Gasteiger partial charge in [-0.15, -0.1) is 0 Å². The number of amides is 1. The fraction of sp³-hybridized carbons (Fsp3) is 0.235. The Morgan fingerprint density at radius 3 is 2.50 bits per heavy atom. The molecule has 9 heteroatoms. The van der Waals surface area contributed by atoms with Gasteiger partial charge in [0.2, 0.25) is 15.9 Å². The van der Waals surface area contributed by atoms with Gasteiger partial charge in [-0.2, -0.15) is 11.8 Å². The van der Waals surface area contributed by atoms with E-state index in [0.717, 1.165) is 0 Å². The van der Waals surface area contributed by atoms with Crippen molar-refractivity contribution in [2.75, 3.05) is 17.6 Å². The van der Waals surface area contributed by atoms with Crippen molar-refractivity contribution in [3.63, 3.8) is 0 Å². The van der Waals surface area contributed by atoms with Crippen LogP contribution in [-0.2, 0) is 20.6 Å². The third-order valence-electron chi connectivity index (χ3n) is 3.33. The average Bonchev–Trinajstić information content (AvgIpc) is 2.57. The second kappa shape index (κ2) is 9.36. The quantitative estimate of drug-likeness (QED) is 0.644. The lowest BCUT2D eigenvalue weighted by Gasteiger charge is -2.09. The minimum Gasteiger partial charge on any atom is -0.326 e. The first-order valence-electron chi connectivity index (χ1n) is 7.67. The molecular weight excluding hydrogens is 399 g/mol. The van der Waals surface area contributed by atoms with Crippen LogP contribution in [0.5, 0.6) is 0 Å². The van der Waals surface area contributed by atoms with Crippen molar-refractivity contribution in [1.29, 1.82) is 0 Å². The summed E-state index contributed by atoms with van der Waals surface area (Å²) < 4.78 is 40.6. The molecule has 0 unspecified atom stereocenters. The summed E-state index contributed by atoms with van der Waals surface area (Å²) in [6.07, 6.45) is 0. The summed E-state index contributed by atoms with van der Waals surface area (Å²) in [6.45, 7) is 1.57. The molecule has 0 saturated carbocycles. The standard InChI is InChI=1S/C17H18ClFN2O3S2/c1-12(22)21-13-5-7-14(8-6-13)26(23,24)20-9-10-25-11-15-16(18)3-2-4-17(15)19/h2-8,20H,9-11H2,1H3,(H,21,22). The molecule has 0 spiro atoms. The molecule has 26 heavy (non-hydrogen) atoms. The average molecular weight is 417 g/mol. The fourth-order valence-corrected chi connectivity index (χ4v) is 4.46. The molecule has 0 bridgehead atoms. The fourth-order valence-electron chi connectivity index (χ4n) is 2.10. The maximum Gasteiger partial charge on any atom is 0.240 e. The number of hydrogen-bond acceptors (Lipinski definition) is 4. The number of anilines is 1. The van der Waals surface area contributed by atoms with E-state index in [-0.39, 0.29) is 23.2 Å². The Morgan fingerprint density at radius 2 is 1.88 bits per heavy atom. The highest BCUT2D eigenvalue weighted by Crippen LogP contribution is 2.23. The molecular formula is C17H18ClFN2O3S2. The Hall–Kier alpha value is -1.61. The van der Waals surface area contributed by atoms with Crippen LogP contribution in [0.15, 0.2) is 47.4 Å². The molecule has 0 aliphatic carbocycles. The Morgan fingerprint density at radius 1 is 1.19 bits per heavy atom. The molecule has 0 heterocycles. The number of rotatable bonds is 8. The lowest BCUT2D eigenvalue weighted by Crippen LogP contribution is -2.26. The van der Waals surface area contributed by atoms with Crippen molar-refractivity contribution in [1.82, 2.24) is 4.72 Å². The number of nitrogens with one attached hydrogen (secondary N) is 2. The van der Waals surface area contributed by atoms with Crippen LogP contribution in [0.4, 0.5) is 10.1 Å². The van der Waals surface area contributed by atoms with Crippen LogP contribution in [0, 0.1) is 5.82 Å². The number of sulfonamides is 1. The first-order chi connectivity index (χ1) is 12.3. The molecule has 0 radical (unpaired) electrons. The zero-order valence-electron chi connectivity index (χ0n) is 14.0. The zero-order valence-corrected chi connectivity index (χ0v) is 16.3. The van der Waals surface area contributed by atoms with E-state index in [4.69, 9.17) is 11.6 Å². The molecule has 2 rings (SSSR count). The van der Waals surface area contributed by atoms with Gasteiger partial charge in [-0.05, 0) is 36.4 Å². The van der Waals surface area contributed by atoms with Crippen LogP contribution in [-0.4, -0.2) is 26.6 Å². The first kappa shape index (κ1) is 20.7. The number of hydrogen-bond donors (Lipinski definition) is 2. The molecule has 140 valence electrons. The molecule has 0 atom stereocenters. The molecule has 0 saturated heterocycles. The highest BCUT2D eigenvalue weighted by atomic mass is 35.5. The topological polar surface area (TPSA) is 75.3 Å². The van der Waals surface area contributed by atoms with Gasteiger partial charge in [0.25, 0.3) is 0 Å². The third kappa shape index (κ3) is 5.98. The number of carbonyl (C=O) groups excluding carboxylic acids is 1. The molecule has 2 aromatic rings. The van der Waals surface area contributed by atoms with E-state index in [9.17, 15) is 17.6 Å². The summed E-state index contributed by atoms with van der Waals surface area (Å²) >= 11 is 7.33. The highest BCUT2D eigenvalue weighted by molar-refractivity contribution is 7.98. The van der Waals surface area contributed by atoms with Crippen molar-refractivity contribution >= 4 is 45.0 Å². The number of benzene rings is 2. The van der Waals surface area contributed by atoms with Gasteiger partial charge < -0.3 is 5.32 Å². The van der Waals surface area contributed by atoms with Crippen LogP contribution in [0.2, 0.25) is 5.02 Å². The van der Waals surface area contributed by atoms with Gasteiger partial charge in [-0.3, -0.25) is 4.79 Å². The van der Waals surface area contributed by atoms with E-state index in [2.05, 4.69) is 10.0 Å². The minimum atomic E-state index is -3.64. The summed E-state index contributed by atoms with van der Waals surface area (Å²) in [4.78, 5) is 11.1. The molecule has 0 aliphatic heterocycles. The molecule has 2 aromatic carbocycles. The van der Waals surface area contributed by atoms with E-state index in [1.165, 1.54) is 55.1 Å². The Kier molecular flexibility index (Phi) is 7.45. The van der Waals surface area contributed by atoms with Gasteiger partial charge in [-0.1, -0.05) is 17.7 Å². The third-order valence-corrected chi connectivity index (χ3v) is 6.15. The minimum absolute atomic E-state index is 0.105. The van der Waals surface area contributed by atoms with Gasteiger partial charge in [0.15, 0.2) is 0 Å². The first-order valence-corrected chi connectivity index (χ1v) is 10.7. The SMILES string of the molecule is CC(=O)Nc1ccc(S(=O)(=O)NCCSCc2c(F)cccc2Cl)cc1. The van der Waals surface area contributed by atoms with Crippen LogP contribution in [0.25, 0.3) is 0 Å². The van der Waals surface area contributed by atoms with Crippen LogP contribution in [0.1, 0.15) is 12.5 Å². The van der Waals surface area contributed by atoms with Crippen molar-refractivity contribution in [3.8, 4) is 0 Å². The lowest BCUT2D eigenvalue weighted by atomic mass is 10.2. The molecule has 0 aromatic heterocycles. The molecule has 5 nitrogen and oxygen atoms in total. The van der Waals surface area contributed by atoms with Gasteiger partial charge in [0.05, 0.1) is 4.90 Å².